The van der Waals surface area contributed by atoms with Gasteiger partial charge < -0.3 is 5.11 Å². The summed E-state index contributed by atoms with van der Waals surface area (Å²) in [6, 6.07) is 40.5. The third-order valence-electron chi connectivity index (χ3n) is 5.62. The van der Waals surface area contributed by atoms with Crippen molar-refractivity contribution in [2.75, 3.05) is 0 Å². The van der Waals surface area contributed by atoms with Gasteiger partial charge >= 0.3 is 0 Å². The second-order valence-electron chi connectivity index (χ2n) is 8.03. The van der Waals surface area contributed by atoms with Crippen LogP contribution in [0.5, 0.6) is 0 Å². The van der Waals surface area contributed by atoms with Crippen LogP contribution in [0.15, 0.2) is 140 Å². The van der Waals surface area contributed by atoms with Crippen molar-refractivity contribution in [1.29, 1.82) is 0 Å². The molecule has 0 bridgehead atoms. The zero-order chi connectivity index (χ0) is 22.8. The van der Waals surface area contributed by atoms with E-state index in [2.05, 4.69) is 36.4 Å². The van der Waals surface area contributed by atoms with Gasteiger partial charge in [0.25, 0.3) is 0 Å². The molecule has 1 N–H and O–H groups in total. The van der Waals surface area contributed by atoms with Gasteiger partial charge in [0.15, 0.2) is 0 Å². The molecule has 1 unspecified atom stereocenters. The summed E-state index contributed by atoms with van der Waals surface area (Å²) in [4.78, 5) is 0. The van der Waals surface area contributed by atoms with Crippen molar-refractivity contribution in [1.82, 2.24) is 0 Å². The molecule has 0 aliphatic rings. The summed E-state index contributed by atoms with van der Waals surface area (Å²) in [6.07, 6.45) is 11.9. The first-order chi connectivity index (χ1) is 16.2. The highest BCUT2D eigenvalue weighted by Gasteiger charge is 2.31. The molecule has 4 aromatic carbocycles. The van der Waals surface area contributed by atoms with Crippen LogP contribution in [0.3, 0.4) is 0 Å². The van der Waals surface area contributed by atoms with Gasteiger partial charge in [0.2, 0.25) is 0 Å². The van der Waals surface area contributed by atoms with Crippen LogP contribution in [-0.4, -0.2) is 10.7 Å². The number of benzene rings is 4. The summed E-state index contributed by atoms with van der Waals surface area (Å²) in [6.45, 7) is 0. The highest BCUT2D eigenvalue weighted by Crippen LogP contribution is 2.34. The van der Waals surface area contributed by atoms with E-state index in [1.54, 1.807) is 0 Å². The maximum atomic E-state index is 12.1. The van der Waals surface area contributed by atoms with E-state index in [-0.39, 0.29) is 5.92 Å². The van der Waals surface area contributed by atoms with Crippen LogP contribution in [0, 0.1) is 0 Å². The predicted molar refractivity (Wildman–Crippen MR) is 141 cm³/mol. The molecule has 0 heterocycles. The highest BCUT2D eigenvalue weighted by atomic mass is 16.3. The predicted octanol–water partition coefficient (Wildman–Crippen LogP) is 7.64. The number of aliphatic hydroxyl groups is 1. The molecule has 33 heavy (non-hydrogen) atoms. The molecule has 0 amide bonds. The van der Waals surface area contributed by atoms with E-state index in [1.807, 2.05) is 121 Å². The standard InChI is InChI=1S/C32H28O/c33-32(25-23-28-15-7-2-8-16-28,26-24-29-17-9-3-10-18-29)31(30-19-11-4-12-20-30)22-21-27-13-5-1-6-14-27/h1-26,31,33H. The average Bonchev–Trinajstić information content (AvgIpc) is 2.89. The summed E-state index contributed by atoms with van der Waals surface area (Å²) in [5.41, 5.74) is 2.99. The van der Waals surface area contributed by atoms with Crippen LogP contribution in [0.4, 0.5) is 0 Å². The fraction of sp³-hybridized carbons (Fsp3) is 0.0625. The molecule has 1 heteroatoms. The molecule has 0 aromatic heterocycles. The lowest BCUT2D eigenvalue weighted by Gasteiger charge is -2.30. The molecule has 0 radical (unpaired) electrons. The van der Waals surface area contributed by atoms with Gasteiger partial charge in [-0.3, -0.25) is 0 Å². The fourth-order valence-corrected chi connectivity index (χ4v) is 3.81. The summed E-state index contributed by atoms with van der Waals surface area (Å²) in [5.74, 6) is -0.279. The van der Waals surface area contributed by atoms with Gasteiger partial charge in [-0.25, -0.2) is 0 Å². The molecule has 0 fully saturated rings. The Balaban J connectivity index is 1.78. The third kappa shape index (κ3) is 6.29. The van der Waals surface area contributed by atoms with Crippen LogP contribution in [0.1, 0.15) is 28.2 Å². The van der Waals surface area contributed by atoms with E-state index < -0.39 is 5.60 Å². The maximum absolute atomic E-state index is 12.1. The number of hydrogen-bond donors (Lipinski definition) is 1. The lowest BCUT2D eigenvalue weighted by Crippen LogP contribution is -2.31. The maximum Gasteiger partial charge on any atom is 0.112 e. The van der Waals surface area contributed by atoms with Gasteiger partial charge in [0.1, 0.15) is 5.60 Å². The minimum Gasteiger partial charge on any atom is -0.381 e. The smallest absolute Gasteiger partial charge is 0.112 e. The Bertz CT molecular complexity index is 1140. The second-order valence-corrected chi connectivity index (χ2v) is 8.03. The van der Waals surface area contributed by atoms with Crippen molar-refractivity contribution >= 4 is 18.2 Å². The fourth-order valence-electron chi connectivity index (χ4n) is 3.81. The van der Waals surface area contributed by atoms with Crippen LogP contribution in [0.25, 0.3) is 18.2 Å². The molecule has 162 valence electrons. The zero-order valence-corrected chi connectivity index (χ0v) is 18.5. The quantitative estimate of drug-likeness (QED) is 0.306. The number of hydrogen-bond acceptors (Lipinski definition) is 1. The monoisotopic (exact) mass is 428 g/mol. The van der Waals surface area contributed by atoms with E-state index in [4.69, 9.17) is 0 Å². The molecule has 0 aliphatic heterocycles. The normalized spacial score (nSPS) is 14.6. The molecule has 0 saturated heterocycles. The Morgan fingerprint density at radius 1 is 0.485 bits per heavy atom. The van der Waals surface area contributed by atoms with Gasteiger partial charge in [-0.1, -0.05) is 146 Å². The summed E-state index contributed by atoms with van der Waals surface area (Å²) in [7, 11) is 0. The van der Waals surface area contributed by atoms with E-state index in [0.717, 1.165) is 22.3 Å². The van der Waals surface area contributed by atoms with E-state index in [9.17, 15) is 5.11 Å². The Labute approximate surface area is 196 Å². The lowest BCUT2D eigenvalue weighted by molar-refractivity contribution is 0.128. The Morgan fingerprint density at radius 3 is 1.27 bits per heavy atom. The molecule has 1 nitrogen and oxygen atoms in total. The van der Waals surface area contributed by atoms with Crippen molar-refractivity contribution in [3.05, 3.63) is 162 Å². The minimum atomic E-state index is -1.24. The van der Waals surface area contributed by atoms with Crippen LogP contribution in [-0.2, 0) is 0 Å². The Kier molecular flexibility index (Phi) is 7.48. The molecule has 0 aliphatic carbocycles. The molecule has 4 rings (SSSR count). The van der Waals surface area contributed by atoms with Crippen molar-refractivity contribution in [3.63, 3.8) is 0 Å². The van der Waals surface area contributed by atoms with Gasteiger partial charge in [-0.05, 0) is 34.4 Å². The lowest BCUT2D eigenvalue weighted by atomic mass is 9.80. The van der Waals surface area contributed by atoms with Crippen molar-refractivity contribution < 1.29 is 5.11 Å². The van der Waals surface area contributed by atoms with Gasteiger partial charge in [0, 0.05) is 5.92 Å². The number of rotatable bonds is 8. The van der Waals surface area contributed by atoms with Crippen LogP contribution >= 0.6 is 0 Å². The topological polar surface area (TPSA) is 20.2 Å². The van der Waals surface area contributed by atoms with E-state index >= 15 is 0 Å². The summed E-state index contributed by atoms with van der Waals surface area (Å²) in [5, 5.41) is 12.1. The molecule has 0 spiro atoms. The van der Waals surface area contributed by atoms with E-state index in [1.165, 1.54) is 0 Å². The Hall–Kier alpha value is -3.94. The van der Waals surface area contributed by atoms with Crippen LogP contribution in [0.2, 0.25) is 0 Å². The summed E-state index contributed by atoms with van der Waals surface area (Å²) < 4.78 is 0. The SMILES string of the molecule is OC(C=Cc1ccccc1)(C=Cc1ccccc1)C(C=Cc1ccccc1)c1ccccc1. The molecular weight excluding hydrogens is 400 g/mol. The Morgan fingerprint density at radius 2 is 0.848 bits per heavy atom. The van der Waals surface area contributed by atoms with Crippen molar-refractivity contribution in [3.8, 4) is 0 Å². The largest absolute Gasteiger partial charge is 0.381 e. The van der Waals surface area contributed by atoms with Crippen molar-refractivity contribution in [2.45, 2.75) is 11.5 Å². The molecular formula is C32H28O. The van der Waals surface area contributed by atoms with Crippen LogP contribution < -0.4 is 0 Å². The first-order valence-corrected chi connectivity index (χ1v) is 11.2. The third-order valence-corrected chi connectivity index (χ3v) is 5.62. The molecule has 1 atom stereocenters. The van der Waals surface area contributed by atoms with Gasteiger partial charge in [-0.15, -0.1) is 0 Å². The zero-order valence-electron chi connectivity index (χ0n) is 18.5. The second kappa shape index (κ2) is 11.1. The first-order valence-electron chi connectivity index (χ1n) is 11.2. The van der Waals surface area contributed by atoms with E-state index in [0.29, 0.717) is 0 Å². The summed E-state index contributed by atoms with van der Waals surface area (Å²) >= 11 is 0. The van der Waals surface area contributed by atoms with Gasteiger partial charge in [-0.2, -0.15) is 0 Å². The molecule has 4 aromatic rings. The molecule has 0 saturated carbocycles. The minimum absolute atomic E-state index is 0.279. The van der Waals surface area contributed by atoms with Gasteiger partial charge in [0.05, 0.1) is 0 Å². The average molecular weight is 429 g/mol. The first kappa shape index (κ1) is 22.3. The van der Waals surface area contributed by atoms with Crippen molar-refractivity contribution in [2.24, 2.45) is 0 Å². The highest BCUT2D eigenvalue weighted by molar-refractivity contribution is 5.59.